The summed E-state index contributed by atoms with van der Waals surface area (Å²) in [5, 5.41) is 17.3. The predicted octanol–water partition coefficient (Wildman–Crippen LogP) is 7.57. The van der Waals surface area contributed by atoms with Crippen molar-refractivity contribution >= 4 is 40.3 Å². The number of benzene rings is 3. The molecule has 6 bridgehead atoms. The summed E-state index contributed by atoms with van der Waals surface area (Å²) in [7, 11) is 5.52. The second-order valence-electron chi connectivity index (χ2n) is 23.5. The fourth-order valence-electron chi connectivity index (χ4n) is 13.0. The second kappa shape index (κ2) is 21.9. The molecule has 4 aliphatic heterocycles. The van der Waals surface area contributed by atoms with Crippen LogP contribution in [0.1, 0.15) is 94.2 Å². The van der Waals surface area contributed by atoms with Gasteiger partial charge in [0.05, 0.1) is 36.0 Å². The van der Waals surface area contributed by atoms with Crippen LogP contribution in [-0.4, -0.2) is 145 Å². The number of carbonyl (C=O) groups is 4. The molecule has 3 amide bonds. The lowest BCUT2D eigenvalue weighted by molar-refractivity contribution is -0.156. The van der Waals surface area contributed by atoms with E-state index >= 15 is 9.59 Å². The van der Waals surface area contributed by atoms with Crippen molar-refractivity contribution in [1.82, 2.24) is 35.1 Å². The van der Waals surface area contributed by atoms with Crippen molar-refractivity contribution in [2.75, 3.05) is 72.0 Å². The zero-order chi connectivity index (χ0) is 54.6. The highest BCUT2D eigenvalue weighted by Crippen LogP contribution is 2.46. The largest absolute Gasteiger partial charge is 0.508 e. The zero-order valence-corrected chi connectivity index (χ0v) is 46.3. The molecule has 1 saturated carbocycles. The average molecular weight is 1060 g/mol. The van der Waals surface area contributed by atoms with Gasteiger partial charge in [-0.15, -0.1) is 0 Å². The first kappa shape index (κ1) is 53.4. The summed E-state index contributed by atoms with van der Waals surface area (Å²) < 4.78 is 20.9. The summed E-state index contributed by atoms with van der Waals surface area (Å²) in [6.07, 6.45) is 7.11. The van der Waals surface area contributed by atoms with Crippen molar-refractivity contribution in [1.29, 1.82) is 0 Å². The Balaban J connectivity index is 0.998. The highest BCUT2D eigenvalue weighted by atomic mass is 16.5. The molecule has 2 aliphatic carbocycles. The Morgan fingerprint density at radius 3 is 2.56 bits per heavy atom. The van der Waals surface area contributed by atoms with E-state index in [2.05, 4.69) is 77.2 Å². The average Bonchev–Trinajstić information content (AvgIpc) is 3.99. The molecule has 11 rings (SSSR count). The number of esters is 1. The number of phenolic OH excluding ortho intramolecular Hbond substituents is 1. The van der Waals surface area contributed by atoms with Crippen LogP contribution in [0.4, 0.5) is 5.69 Å². The first-order chi connectivity index (χ1) is 37.6. The first-order valence-corrected chi connectivity index (χ1v) is 28.2. The number of piperazine rings is 1. The SMILES string of the molecule is CCn1c(-c2cc(N3CCN(C)CC3)cnc2[C@H](C)OC)c2c3cc(ccc31)-c1cc(O)cc(c1)C[C@H](NC(=O)[C@H](C1=CCCC1)N(C)C(=O)[C@@H]1OCC[C@@H]1c1ccccc1)C(=O)N1CC3C[C@@H]3[C@H](N1)C(=O)OCC(C)(C)C2. The highest BCUT2D eigenvalue weighted by molar-refractivity contribution is 5.97. The lowest BCUT2D eigenvalue weighted by atomic mass is 9.84. The number of carbonyl (C=O) groups excluding carboxylic acids is 4. The van der Waals surface area contributed by atoms with Gasteiger partial charge in [0.2, 0.25) is 5.91 Å². The number of aromatic nitrogens is 2. The van der Waals surface area contributed by atoms with E-state index in [0.717, 1.165) is 107 Å². The Bertz CT molecular complexity index is 3130. The van der Waals surface area contributed by atoms with Crippen molar-refractivity contribution in [2.24, 2.45) is 17.3 Å². The third-order valence-corrected chi connectivity index (χ3v) is 17.5. The normalized spacial score (nSPS) is 25.2. The predicted molar refractivity (Wildman–Crippen MR) is 299 cm³/mol. The molecule has 0 spiro atoms. The van der Waals surface area contributed by atoms with Gasteiger partial charge in [-0.1, -0.05) is 62.4 Å². The molecule has 3 saturated heterocycles. The van der Waals surface area contributed by atoms with Crippen LogP contribution >= 0.6 is 0 Å². The van der Waals surface area contributed by atoms with Gasteiger partial charge in [0.25, 0.3) is 11.8 Å². The van der Waals surface area contributed by atoms with Crippen LogP contribution in [0.3, 0.4) is 0 Å². The van der Waals surface area contributed by atoms with Crippen LogP contribution in [0, 0.1) is 17.3 Å². The fraction of sp³-hybridized carbons (Fsp3) is 0.500. The number of rotatable bonds is 11. The number of cyclic esters (lactones) is 1. The molecule has 78 heavy (non-hydrogen) atoms. The Labute approximate surface area is 458 Å². The topological polar surface area (TPSA) is 171 Å². The molecule has 6 heterocycles. The standard InChI is InChI=1S/C62H76N8O8/c1-8-69-52-19-18-41-30-48(52)50(56(69)49-32-44(34-63-53(49)37(2)76-7)68-23-21-66(5)22-24-68)33-62(3,4)36-78-61(75)54-47-31-43(47)35-70(65-54)59(73)51(28-38-26-42(41)29-45(71)27-38)64-58(72)55(40-16-12-13-17-40)67(6)60(74)57-46(20-25-77-57)39-14-10-9-11-15-39/h9-11,14-16,18-19,26-27,29-30,32,34,37,43,46-47,51,54-55,57,65,71H,8,12-13,17,20-25,28,31,33,35-36H2,1-7H3,(H,64,72)/t37-,43?,46+,47-,51-,54-,55-,57+/m0/s1. The Morgan fingerprint density at radius 1 is 1.03 bits per heavy atom. The summed E-state index contributed by atoms with van der Waals surface area (Å²) in [4.78, 5) is 70.9. The van der Waals surface area contributed by atoms with E-state index in [-0.39, 0.29) is 48.5 Å². The number of pyridine rings is 1. The number of allylic oxidation sites excluding steroid dienone is 1. The maximum Gasteiger partial charge on any atom is 0.325 e. The van der Waals surface area contributed by atoms with Crippen LogP contribution in [0.25, 0.3) is 33.3 Å². The van der Waals surface area contributed by atoms with Gasteiger partial charge in [0, 0.05) is 94.3 Å². The van der Waals surface area contributed by atoms with E-state index < -0.39 is 47.4 Å². The maximum atomic E-state index is 15.2. The molecule has 0 radical (unpaired) electrons. The number of hydrazine groups is 1. The second-order valence-corrected chi connectivity index (χ2v) is 23.5. The first-order valence-electron chi connectivity index (χ1n) is 28.2. The monoisotopic (exact) mass is 1060 g/mol. The molecular formula is C62H76N8O8. The van der Waals surface area contributed by atoms with Crippen molar-refractivity contribution in [3.63, 3.8) is 0 Å². The Morgan fingerprint density at radius 2 is 1.82 bits per heavy atom. The van der Waals surface area contributed by atoms with Gasteiger partial charge in [-0.05, 0) is 135 Å². The molecule has 5 aromatic rings. The summed E-state index contributed by atoms with van der Waals surface area (Å²) in [5.74, 6) is -1.76. The van der Waals surface area contributed by atoms with E-state index in [4.69, 9.17) is 19.2 Å². The van der Waals surface area contributed by atoms with Gasteiger partial charge >= 0.3 is 5.97 Å². The zero-order valence-electron chi connectivity index (χ0n) is 46.3. The lowest BCUT2D eigenvalue weighted by Crippen LogP contribution is -2.62. The van der Waals surface area contributed by atoms with E-state index in [1.54, 1.807) is 26.3 Å². The number of amides is 3. The minimum absolute atomic E-state index is 0.00770. The number of nitrogens with zero attached hydrogens (tertiary/aromatic N) is 6. The molecule has 16 nitrogen and oxygen atoms in total. The molecule has 3 aromatic carbocycles. The van der Waals surface area contributed by atoms with Crippen molar-refractivity contribution in [2.45, 2.75) is 115 Å². The number of fused-ring (bicyclic) bond motifs is 8. The number of hydrogen-bond donors (Lipinski definition) is 3. The molecule has 412 valence electrons. The lowest BCUT2D eigenvalue weighted by Gasteiger charge is -2.36. The van der Waals surface area contributed by atoms with E-state index in [9.17, 15) is 14.7 Å². The molecule has 1 unspecified atom stereocenters. The van der Waals surface area contributed by atoms with Gasteiger partial charge < -0.3 is 43.9 Å². The van der Waals surface area contributed by atoms with Crippen molar-refractivity contribution in [3.05, 3.63) is 113 Å². The van der Waals surface area contributed by atoms with E-state index in [1.807, 2.05) is 55.6 Å². The molecule has 3 N–H and O–H groups in total. The van der Waals surface area contributed by atoms with Crippen LogP contribution in [0.5, 0.6) is 5.75 Å². The highest BCUT2D eigenvalue weighted by Gasteiger charge is 2.53. The van der Waals surface area contributed by atoms with Crippen molar-refractivity contribution in [3.8, 4) is 28.1 Å². The smallest absolute Gasteiger partial charge is 0.325 e. The number of anilines is 1. The van der Waals surface area contributed by atoms with Gasteiger partial charge in [-0.25, -0.2) is 5.43 Å². The Hall–Kier alpha value is -6.59. The van der Waals surface area contributed by atoms with Crippen LogP contribution in [-0.2, 0) is 52.8 Å². The number of methoxy groups -OCH3 is 1. The van der Waals surface area contributed by atoms with Crippen LogP contribution < -0.4 is 15.6 Å². The fourth-order valence-corrected chi connectivity index (χ4v) is 13.0. The third kappa shape index (κ3) is 10.6. The van der Waals surface area contributed by atoms with Gasteiger partial charge in [-0.2, -0.15) is 0 Å². The third-order valence-electron chi connectivity index (χ3n) is 17.5. The van der Waals surface area contributed by atoms with Crippen LogP contribution in [0.15, 0.2) is 90.6 Å². The summed E-state index contributed by atoms with van der Waals surface area (Å²) in [5.41, 5.74) is 12.8. The molecule has 6 aliphatic rings. The molecular weight excluding hydrogens is 985 g/mol. The molecule has 4 fully saturated rings. The summed E-state index contributed by atoms with van der Waals surface area (Å²) in [6.45, 7) is 13.6. The number of aryl methyl sites for hydroxylation is 1. The summed E-state index contributed by atoms with van der Waals surface area (Å²) in [6, 6.07) is 20.9. The number of likely N-dealkylation sites (N-methyl/N-ethyl adjacent to an activating group) is 2. The minimum atomic E-state index is -1.16. The molecule has 16 heteroatoms. The number of nitrogens with one attached hydrogen (secondary N) is 2. The van der Waals surface area contributed by atoms with Gasteiger partial charge in [0.15, 0.2) is 0 Å². The minimum Gasteiger partial charge on any atom is -0.508 e. The molecule has 2 aromatic heterocycles. The van der Waals surface area contributed by atoms with Crippen LogP contribution in [0.2, 0.25) is 0 Å². The number of phenols is 1. The maximum absolute atomic E-state index is 15.2. The van der Waals surface area contributed by atoms with Gasteiger partial charge in [0.1, 0.15) is 30.0 Å². The Kier molecular flexibility index (Phi) is 15.0. The van der Waals surface area contributed by atoms with Gasteiger partial charge in [-0.3, -0.25) is 29.2 Å². The quantitative estimate of drug-likeness (QED) is 0.0878. The van der Waals surface area contributed by atoms with E-state index in [1.165, 1.54) is 9.91 Å². The van der Waals surface area contributed by atoms with Crippen molar-refractivity contribution < 1.29 is 38.5 Å². The number of aromatic hydroxyl groups is 1. The summed E-state index contributed by atoms with van der Waals surface area (Å²) >= 11 is 0. The number of hydrogen-bond acceptors (Lipinski definition) is 12. The molecule has 8 atom stereocenters. The van der Waals surface area contributed by atoms with E-state index in [0.29, 0.717) is 44.5 Å². The number of ether oxygens (including phenoxy) is 3.